The second-order valence-electron chi connectivity index (χ2n) is 18.7. The van der Waals surface area contributed by atoms with Gasteiger partial charge in [0.05, 0.1) is 64.9 Å². The predicted octanol–water partition coefficient (Wildman–Crippen LogP) is 2.77. The van der Waals surface area contributed by atoms with Gasteiger partial charge in [-0.3, -0.25) is 24.2 Å². The number of fused-ring (bicyclic) bond motifs is 2. The molecule has 0 unspecified atom stereocenters. The van der Waals surface area contributed by atoms with Gasteiger partial charge in [-0.1, -0.05) is 45.7 Å². The largest absolute Gasteiger partial charge is 0.493 e. The Kier molecular flexibility index (Phi) is 21.7. The summed E-state index contributed by atoms with van der Waals surface area (Å²) < 4.78 is 71.9. The van der Waals surface area contributed by atoms with Crippen LogP contribution in [0.1, 0.15) is 92.8 Å². The van der Waals surface area contributed by atoms with E-state index in [1.165, 1.54) is 44.5 Å². The monoisotopic (exact) mass is 1140 g/mol. The van der Waals surface area contributed by atoms with Crippen LogP contribution >= 0.6 is 0 Å². The zero-order valence-corrected chi connectivity index (χ0v) is 47.7. The average Bonchev–Trinajstić information content (AvgIpc) is 4.04. The summed E-state index contributed by atoms with van der Waals surface area (Å²) in [4.78, 5) is 53.6. The average molecular weight is 1140 g/mol. The number of ether oxygens (including phenoxy) is 2. The molecule has 0 bridgehead atoms. The number of aliphatic hydroxyl groups excluding tert-OH is 2. The van der Waals surface area contributed by atoms with E-state index >= 15 is 0 Å². The molecule has 2 fully saturated rings. The summed E-state index contributed by atoms with van der Waals surface area (Å²) in [5, 5.41) is 31.8. The molecule has 0 atom stereocenters. The van der Waals surface area contributed by atoms with Gasteiger partial charge in [-0.05, 0) is 87.1 Å². The van der Waals surface area contributed by atoms with Crippen LogP contribution in [0.15, 0.2) is 60.9 Å². The highest BCUT2D eigenvalue weighted by atomic mass is 32.2. The van der Waals surface area contributed by atoms with Gasteiger partial charge in [-0.15, -0.1) is 10.2 Å². The maximum Gasteiger partial charge on any atom is 0.275 e. The number of benzene rings is 2. The van der Waals surface area contributed by atoms with E-state index in [1.807, 2.05) is 51.3 Å². The molecule has 2 saturated heterocycles. The Morgan fingerprint density at radius 3 is 1.39 bits per heavy atom. The van der Waals surface area contributed by atoms with E-state index in [2.05, 4.69) is 15.1 Å². The van der Waals surface area contributed by atoms with Gasteiger partial charge in [-0.2, -0.15) is 8.61 Å². The second kappa shape index (κ2) is 27.7. The summed E-state index contributed by atoms with van der Waals surface area (Å²) in [5.41, 5.74) is 4.92. The number of aromatic nitrogens is 6. The van der Waals surface area contributed by atoms with Crippen LogP contribution in [0.2, 0.25) is 0 Å². The van der Waals surface area contributed by atoms with Crippen LogP contribution in [0.3, 0.4) is 0 Å². The molecule has 2 aromatic carbocycles. The summed E-state index contributed by atoms with van der Waals surface area (Å²) in [5.74, 6) is 1.16. The van der Waals surface area contributed by atoms with E-state index in [0.29, 0.717) is 155 Å². The van der Waals surface area contributed by atoms with Gasteiger partial charge in [-0.25, -0.2) is 25.9 Å². The molecule has 24 nitrogen and oxygen atoms in total. The molecule has 8 rings (SSSR count). The van der Waals surface area contributed by atoms with Crippen molar-refractivity contribution >= 4 is 43.6 Å². The first-order valence-electron chi connectivity index (χ1n) is 26.7. The Balaban J connectivity index is 0.000000252. The number of piperazine rings is 2. The molecule has 0 radical (unpaired) electrons. The standard InChI is InChI=1S/C27H38N6O6S.C26H35N5O6S.H2O/c1-5-8-23-22(18-28-38-4)20(6-2)25-27(35)29-26(30-33(23)25)21-17-19(9-10-24(21)39-7-3)40(36,37)32-13-11-31(12-14-32)15-16-34;1-4-7-22-21(17-33)19(5-2)24-26(34)27-25(28-31(22)24)20-16-18(8-9-23(20)37-6-3)38(35,36)30-12-10-29(11-13-30)14-15-32;/h9-10,17-18,34H,5-8,11-16H2,1-4H3,(H,29,30,35);8-9,16-17,32H,4-7,10-15H2,1-3H3,(H,27,28,34);1H2/b28-18+;;. The molecule has 6 heterocycles. The number of aromatic amines is 2. The Hall–Kier alpha value is -6.36. The number of carbonyl (C=O) groups is 1. The highest BCUT2D eigenvalue weighted by molar-refractivity contribution is 7.89. The smallest absolute Gasteiger partial charge is 0.275 e. The minimum Gasteiger partial charge on any atom is -0.493 e. The molecule has 2 aliphatic rings. The first-order valence-corrected chi connectivity index (χ1v) is 29.5. The van der Waals surface area contributed by atoms with Gasteiger partial charge in [0.1, 0.15) is 29.6 Å². The van der Waals surface area contributed by atoms with Crippen molar-refractivity contribution in [1.82, 2.24) is 47.6 Å². The number of aryl methyl sites for hydroxylation is 4. The fraction of sp³-hybridized carbons (Fsp3) is 0.509. The maximum absolute atomic E-state index is 13.6. The lowest BCUT2D eigenvalue weighted by Crippen LogP contribution is -2.49. The highest BCUT2D eigenvalue weighted by Gasteiger charge is 2.32. The number of aliphatic hydroxyl groups is 2. The van der Waals surface area contributed by atoms with Crippen LogP contribution in [0.4, 0.5) is 0 Å². The van der Waals surface area contributed by atoms with Crippen molar-refractivity contribution in [3.05, 3.63) is 90.7 Å². The minimum atomic E-state index is -3.83. The van der Waals surface area contributed by atoms with Crippen LogP contribution in [0, 0.1) is 0 Å². The Morgan fingerprint density at radius 2 is 1.04 bits per heavy atom. The van der Waals surface area contributed by atoms with Gasteiger partial charge in [0.2, 0.25) is 20.0 Å². The molecule has 4 aromatic heterocycles. The van der Waals surface area contributed by atoms with Gasteiger partial charge in [0, 0.05) is 76.6 Å². The molecule has 6 N–H and O–H groups in total. The van der Waals surface area contributed by atoms with Crippen LogP contribution in [-0.4, -0.2) is 192 Å². The third kappa shape index (κ3) is 13.0. The normalized spacial score (nSPS) is 15.1. The minimum absolute atomic E-state index is 0. The molecule has 2 aliphatic heterocycles. The molecule has 26 heteroatoms. The third-order valence-electron chi connectivity index (χ3n) is 13.9. The lowest BCUT2D eigenvalue weighted by molar-refractivity contribution is 0.112. The summed E-state index contributed by atoms with van der Waals surface area (Å²) >= 11 is 0. The summed E-state index contributed by atoms with van der Waals surface area (Å²) in [6.07, 6.45) is 6.24. The number of rotatable bonds is 23. The van der Waals surface area contributed by atoms with E-state index in [0.717, 1.165) is 35.9 Å². The second-order valence-corrected chi connectivity index (χ2v) is 22.5. The third-order valence-corrected chi connectivity index (χ3v) is 17.7. The van der Waals surface area contributed by atoms with Gasteiger partial charge >= 0.3 is 0 Å². The molecule has 0 amide bonds. The lowest BCUT2D eigenvalue weighted by atomic mass is 10.1. The van der Waals surface area contributed by atoms with Gasteiger partial charge < -0.3 is 40.0 Å². The number of nitrogens with one attached hydrogen (secondary N) is 2. The maximum atomic E-state index is 13.6. The number of nitrogens with zero attached hydrogens (tertiary/aromatic N) is 9. The lowest BCUT2D eigenvalue weighted by Gasteiger charge is -2.33. The van der Waals surface area contributed by atoms with Crippen LogP contribution in [-0.2, 0) is 50.6 Å². The number of aldehydes is 1. The van der Waals surface area contributed by atoms with Crippen LogP contribution < -0.4 is 20.6 Å². The molecular weight excluding hydrogens is 1060 g/mol. The van der Waals surface area contributed by atoms with Gasteiger partial charge in [0.15, 0.2) is 17.9 Å². The first kappa shape index (κ1) is 61.8. The van der Waals surface area contributed by atoms with Crippen molar-refractivity contribution in [2.75, 3.05) is 99.0 Å². The van der Waals surface area contributed by atoms with E-state index in [4.69, 9.17) is 24.5 Å². The Morgan fingerprint density at radius 1 is 0.633 bits per heavy atom. The zero-order chi connectivity index (χ0) is 56.3. The van der Waals surface area contributed by atoms with E-state index in [9.17, 15) is 41.4 Å². The van der Waals surface area contributed by atoms with Crippen molar-refractivity contribution in [1.29, 1.82) is 0 Å². The summed E-state index contributed by atoms with van der Waals surface area (Å²) in [6, 6.07) is 9.20. The molecule has 0 spiro atoms. The topological polar surface area (TPSA) is 311 Å². The van der Waals surface area contributed by atoms with Gasteiger partial charge in [0.25, 0.3) is 11.1 Å². The number of hydrogen-bond donors (Lipinski definition) is 4. The van der Waals surface area contributed by atoms with E-state index in [-0.39, 0.29) is 45.7 Å². The fourth-order valence-electron chi connectivity index (χ4n) is 10.2. The highest BCUT2D eigenvalue weighted by Crippen LogP contribution is 2.34. The van der Waals surface area contributed by atoms with Crippen molar-refractivity contribution in [3.63, 3.8) is 0 Å². The summed E-state index contributed by atoms with van der Waals surface area (Å²) in [6.45, 7) is 16.7. The first-order chi connectivity index (χ1) is 37.6. The number of hydrogen-bond acceptors (Lipinski definition) is 17. The van der Waals surface area contributed by atoms with E-state index < -0.39 is 25.6 Å². The zero-order valence-electron chi connectivity index (χ0n) is 46.1. The van der Waals surface area contributed by atoms with Crippen molar-refractivity contribution in [3.8, 4) is 34.3 Å². The number of oxime groups is 1. The number of β-amino-alcohol motifs (C(OH)–C–C–N with tert-alkyl or cyclic N) is 2. The fourth-order valence-corrected chi connectivity index (χ4v) is 13.1. The van der Waals surface area contributed by atoms with E-state index in [1.54, 1.807) is 22.9 Å². The predicted molar refractivity (Wildman–Crippen MR) is 300 cm³/mol. The summed E-state index contributed by atoms with van der Waals surface area (Å²) in [7, 11) is -6.18. The molecule has 0 saturated carbocycles. The molecule has 0 aliphatic carbocycles. The molecular formula is C53H75N11O13S2. The van der Waals surface area contributed by atoms with Crippen LogP contribution in [0.5, 0.6) is 11.5 Å². The molecule has 432 valence electrons. The number of sulfonamides is 2. The molecule has 6 aromatic rings. The quantitative estimate of drug-likeness (QED) is 0.0407. The Labute approximate surface area is 460 Å². The number of H-pyrrole nitrogens is 2. The van der Waals surface area contributed by atoms with Crippen molar-refractivity contribution < 1.29 is 51.6 Å². The van der Waals surface area contributed by atoms with Crippen molar-refractivity contribution in [2.24, 2.45) is 5.16 Å². The van der Waals surface area contributed by atoms with Crippen molar-refractivity contribution in [2.45, 2.75) is 89.9 Å². The van der Waals surface area contributed by atoms with Crippen LogP contribution in [0.25, 0.3) is 33.8 Å². The molecule has 79 heavy (non-hydrogen) atoms. The number of carbonyl (C=O) groups excluding carboxylic acids is 1. The Bertz CT molecular complexity index is 3450. The SMILES string of the molecule is CCCc1c(/C=N/OC)c(CC)c2c(=O)[nH]c(-c3cc(S(=O)(=O)N4CCN(CCO)CC4)ccc3OCC)nn12.CCCc1c(C=O)c(CC)c2c(=O)[nH]c(-c3cc(S(=O)(=O)N4CCN(CCO)CC4)ccc3OCC)nn12.O.